The van der Waals surface area contributed by atoms with E-state index in [4.69, 9.17) is 9.84 Å². The summed E-state index contributed by atoms with van der Waals surface area (Å²) in [5.74, 6) is -1.35. The lowest BCUT2D eigenvalue weighted by Gasteiger charge is -2.25. The van der Waals surface area contributed by atoms with Crippen LogP contribution in [0.4, 0.5) is 0 Å². The molecule has 0 aromatic carbocycles. The molecule has 94 valence electrons. The molecule has 0 aliphatic rings. The Morgan fingerprint density at radius 1 is 1.44 bits per heavy atom. The third kappa shape index (κ3) is 4.59. The summed E-state index contributed by atoms with van der Waals surface area (Å²) in [5.41, 5.74) is -0.717. The van der Waals surface area contributed by atoms with Crippen LogP contribution in [0.1, 0.15) is 20.8 Å². The summed E-state index contributed by atoms with van der Waals surface area (Å²) in [4.78, 5) is 22.3. The maximum Gasteiger partial charge on any atom is 0.334 e. The predicted octanol–water partition coefficient (Wildman–Crippen LogP) is -0.410. The van der Waals surface area contributed by atoms with Gasteiger partial charge in [-0.2, -0.15) is 0 Å². The normalized spacial score (nSPS) is 13.2. The first-order valence-electron chi connectivity index (χ1n) is 5.14. The zero-order chi connectivity index (χ0) is 12.8. The van der Waals surface area contributed by atoms with Crippen molar-refractivity contribution in [1.29, 1.82) is 0 Å². The lowest BCUT2D eigenvalue weighted by atomic mass is 10.0. The van der Waals surface area contributed by atoms with E-state index < -0.39 is 17.6 Å². The molecule has 1 atom stereocenters. The molecule has 0 rings (SSSR count). The van der Waals surface area contributed by atoms with Gasteiger partial charge in [-0.15, -0.1) is 0 Å². The Morgan fingerprint density at radius 2 is 2.00 bits per heavy atom. The summed E-state index contributed by atoms with van der Waals surface area (Å²) >= 11 is 0. The molecule has 0 aliphatic carbocycles. The fraction of sp³-hybridized carbons (Fsp3) is 0.800. The number of carbonyl (C=O) groups is 2. The molecule has 0 saturated heterocycles. The lowest BCUT2D eigenvalue weighted by molar-refractivity contribution is -0.148. The Hall–Kier alpha value is -1.14. The Labute approximate surface area is 95.4 Å². The quantitative estimate of drug-likeness (QED) is 0.555. The average molecular weight is 232 g/mol. The summed E-state index contributed by atoms with van der Waals surface area (Å²) in [6, 6.07) is 0. The number of ether oxygens (including phenoxy) is 1. The van der Waals surface area contributed by atoms with Crippen LogP contribution in [0.3, 0.4) is 0 Å². The Morgan fingerprint density at radius 3 is 2.38 bits per heavy atom. The number of hydrogen-bond donors (Lipinski definition) is 3. The van der Waals surface area contributed by atoms with Crippen LogP contribution in [0.25, 0.3) is 0 Å². The first-order valence-corrected chi connectivity index (χ1v) is 5.14. The molecule has 6 nitrogen and oxygen atoms in total. The Bertz CT molecular complexity index is 253. The minimum absolute atomic E-state index is 0.0422. The number of aliphatic carboxylic acids is 1. The highest BCUT2D eigenvalue weighted by atomic mass is 16.5. The average Bonchev–Trinajstić information content (AvgIpc) is 2.17. The molecule has 0 fully saturated rings. The van der Waals surface area contributed by atoms with Gasteiger partial charge in [0.25, 0.3) is 0 Å². The van der Waals surface area contributed by atoms with E-state index in [2.05, 4.69) is 10.6 Å². The van der Waals surface area contributed by atoms with Crippen LogP contribution in [-0.2, 0) is 14.3 Å². The minimum Gasteiger partial charge on any atom is -0.479 e. The van der Waals surface area contributed by atoms with Crippen molar-refractivity contribution in [2.75, 3.05) is 20.2 Å². The van der Waals surface area contributed by atoms with Gasteiger partial charge >= 0.3 is 5.97 Å². The van der Waals surface area contributed by atoms with E-state index in [0.717, 1.165) is 0 Å². The highest BCUT2D eigenvalue weighted by Crippen LogP contribution is 2.01. The first kappa shape index (κ1) is 14.9. The molecule has 1 amide bonds. The number of carboxylic acids is 1. The van der Waals surface area contributed by atoms with Crippen LogP contribution >= 0.6 is 0 Å². The van der Waals surface area contributed by atoms with Crippen molar-refractivity contribution < 1.29 is 19.4 Å². The molecule has 6 heteroatoms. The molecule has 0 aliphatic heterocycles. The van der Waals surface area contributed by atoms with Gasteiger partial charge in [-0.1, -0.05) is 6.92 Å². The molecule has 0 heterocycles. The Balaban J connectivity index is 4.20. The molecule has 16 heavy (non-hydrogen) atoms. The highest BCUT2D eigenvalue weighted by molar-refractivity contribution is 5.86. The number of carboxylic acid groups (broad SMARTS) is 1. The van der Waals surface area contributed by atoms with E-state index in [0.29, 0.717) is 6.54 Å². The zero-order valence-electron chi connectivity index (χ0n) is 10.2. The molecule has 0 bridgehead atoms. The van der Waals surface area contributed by atoms with Crippen molar-refractivity contribution in [3.05, 3.63) is 0 Å². The summed E-state index contributed by atoms with van der Waals surface area (Å²) in [6.45, 7) is 5.97. The summed E-state index contributed by atoms with van der Waals surface area (Å²) in [5, 5.41) is 14.2. The van der Waals surface area contributed by atoms with Gasteiger partial charge in [0, 0.05) is 7.11 Å². The SMILES string of the molecule is CCNC(C)(C)C(=O)NCC(OC)C(=O)O. The smallest absolute Gasteiger partial charge is 0.334 e. The molecule has 1 unspecified atom stereocenters. The van der Waals surface area contributed by atoms with Crippen LogP contribution in [0.15, 0.2) is 0 Å². The number of amides is 1. The molecular weight excluding hydrogens is 212 g/mol. The van der Waals surface area contributed by atoms with Crippen LogP contribution < -0.4 is 10.6 Å². The van der Waals surface area contributed by atoms with Crippen LogP contribution in [0.5, 0.6) is 0 Å². The molecule has 0 aromatic heterocycles. The molecule has 0 radical (unpaired) electrons. The van der Waals surface area contributed by atoms with Gasteiger partial charge in [-0.05, 0) is 20.4 Å². The number of methoxy groups -OCH3 is 1. The van der Waals surface area contributed by atoms with Gasteiger partial charge in [0.05, 0.1) is 12.1 Å². The topological polar surface area (TPSA) is 87.7 Å². The van der Waals surface area contributed by atoms with Gasteiger partial charge in [0.15, 0.2) is 6.10 Å². The third-order valence-corrected chi connectivity index (χ3v) is 2.19. The number of rotatable bonds is 7. The second-order valence-electron chi connectivity index (χ2n) is 3.93. The largest absolute Gasteiger partial charge is 0.479 e. The van der Waals surface area contributed by atoms with E-state index in [1.54, 1.807) is 13.8 Å². The van der Waals surface area contributed by atoms with Crippen LogP contribution in [-0.4, -0.2) is 48.8 Å². The lowest BCUT2D eigenvalue weighted by Crippen LogP contribution is -2.54. The first-order chi connectivity index (χ1) is 7.35. The van der Waals surface area contributed by atoms with Gasteiger partial charge in [0.2, 0.25) is 5.91 Å². The van der Waals surface area contributed by atoms with Gasteiger partial charge in [0.1, 0.15) is 0 Å². The fourth-order valence-corrected chi connectivity index (χ4v) is 1.20. The summed E-state index contributed by atoms with van der Waals surface area (Å²) < 4.78 is 4.70. The second-order valence-corrected chi connectivity index (χ2v) is 3.93. The third-order valence-electron chi connectivity index (χ3n) is 2.19. The van der Waals surface area contributed by atoms with Crippen molar-refractivity contribution in [2.24, 2.45) is 0 Å². The molecule has 0 saturated carbocycles. The second kappa shape index (κ2) is 6.44. The predicted molar refractivity (Wildman–Crippen MR) is 59.2 cm³/mol. The van der Waals surface area contributed by atoms with E-state index in [1.807, 2.05) is 6.92 Å². The monoisotopic (exact) mass is 232 g/mol. The van der Waals surface area contributed by atoms with Crippen molar-refractivity contribution in [2.45, 2.75) is 32.4 Å². The fourth-order valence-electron chi connectivity index (χ4n) is 1.20. The van der Waals surface area contributed by atoms with Gasteiger partial charge < -0.3 is 20.5 Å². The number of nitrogens with one attached hydrogen (secondary N) is 2. The molecule has 3 N–H and O–H groups in total. The number of carbonyl (C=O) groups excluding carboxylic acids is 1. The maximum absolute atomic E-state index is 11.7. The van der Waals surface area contributed by atoms with E-state index >= 15 is 0 Å². The number of likely N-dealkylation sites (N-methyl/N-ethyl adjacent to an activating group) is 1. The molecular formula is C10H20N2O4. The number of hydrogen-bond acceptors (Lipinski definition) is 4. The standard InChI is InChI=1S/C10H20N2O4/c1-5-12-10(2,3)9(15)11-6-7(16-4)8(13)14/h7,12H,5-6H2,1-4H3,(H,11,15)(H,13,14). The summed E-state index contributed by atoms with van der Waals surface area (Å²) in [6.07, 6.45) is -1.01. The zero-order valence-corrected chi connectivity index (χ0v) is 10.2. The van der Waals surface area contributed by atoms with Crippen molar-refractivity contribution in [3.8, 4) is 0 Å². The van der Waals surface area contributed by atoms with Crippen LogP contribution in [0, 0.1) is 0 Å². The Kier molecular flexibility index (Phi) is 5.98. The van der Waals surface area contributed by atoms with E-state index in [9.17, 15) is 9.59 Å². The molecule has 0 aromatic rings. The van der Waals surface area contributed by atoms with Gasteiger partial charge in [-0.3, -0.25) is 4.79 Å². The van der Waals surface area contributed by atoms with E-state index in [1.165, 1.54) is 7.11 Å². The minimum atomic E-state index is -1.09. The van der Waals surface area contributed by atoms with Gasteiger partial charge in [-0.25, -0.2) is 4.79 Å². The molecule has 0 spiro atoms. The van der Waals surface area contributed by atoms with Crippen LogP contribution in [0.2, 0.25) is 0 Å². The van der Waals surface area contributed by atoms with Crippen molar-refractivity contribution in [3.63, 3.8) is 0 Å². The maximum atomic E-state index is 11.7. The summed E-state index contributed by atoms with van der Waals surface area (Å²) in [7, 11) is 1.29. The van der Waals surface area contributed by atoms with E-state index in [-0.39, 0.29) is 12.5 Å². The highest BCUT2D eigenvalue weighted by Gasteiger charge is 2.27. The van der Waals surface area contributed by atoms with Crippen molar-refractivity contribution in [1.82, 2.24) is 10.6 Å². The van der Waals surface area contributed by atoms with Crippen molar-refractivity contribution >= 4 is 11.9 Å².